The predicted octanol–water partition coefficient (Wildman–Crippen LogP) is 6.45. The quantitative estimate of drug-likeness (QED) is 0.181. The van der Waals surface area contributed by atoms with E-state index in [4.69, 9.17) is 13.9 Å². The first-order valence-electron chi connectivity index (χ1n) is 14.3. The number of hydrogen-bond acceptors (Lipinski definition) is 8. The molecule has 0 fully saturated rings. The Hall–Kier alpha value is -5.23. The van der Waals surface area contributed by atoms with Gasteiger partial charge >= 0.3 is 5.97 Å². The predicted molar refractivity (Wildman–Crippen MR) is 175 cm³/mol. The molecule has 10 nitrogen and oxygen atoms in total. The van der Waals surface area contributed by atoms with Crippen molar-refractivity contribution in [3.63, 3.8) is 0 Å². The maximum absolute atomic E-state index is 13.7. The third kappa shape index (κ3) is 7.02. The molecule has 0 aliphatic rings. The third-order valence-electron chi connectivity index (χ3n) is 6.95. The largest absolute Gasteiger partial charge is 0.486 e. The second-order valence-corrected chi connectivity index (χ2v) is 11.8. The van der Waals surface area contributed by atoms with Crippen molar-refractivity contribution in [1.29, 1.82) is 0 Å². The molecule has 0 unspecified atom stereocenters. The van der Waals surface area contributed by atoms with Gasteiger partial charge in [0.2, 0.25) is 10.0 Å². The van der Waals surface area contributed by atoms with Crippen LogP contribution in [0.5, 0.6) is 5.75 Å². The van der Waals surface area contributed by atoms with E-state index in [2.05, 4.69) is 10.3 Å². The molecule has 0 radical (unpaired) electrons. The number of ether oxygens (including phenoxy) is 2. The average molecular weight is 648 g/mol. The summed E-state index contributed by atoms with van der Waals surface area (Å²) in [4.78, 5) is 30.5. The van der Waals surface area contributed by atoms with Crippen molar-refractivity contribution in [2.45, 2.75) is 20.5 Å². The van der Waals surface area contributed by atoms with Crippen LogP contribution in [-0.2, 0) is 21.4 Å². The summed E-state index contributed by atoms with van der Waals surface area (Å²) in [7, 11) is 0.247. The van der Waals surface area contributed by atoms with Gasteiger partial charge in [0.1, 0.15) is 23.8 Å². The lowest BCUT2D eigenvalue weighted by Crippen LogP contribution is -2.25. The normalized spacial score (nSPS) is 10.9. The molecule has 3 aromatic carbocycles. The zero-order chi connectivity index (χ0) is 33.6. The second kappa shape index (κ2) is 14.2. The molecule has 0 saturated carbocycles. The van der Waals surface area contributed by atoms with Crippen molar-refractivity contribution in [1.82, 2.24) is 10.3 Å². The van der Waals surface area contributed by atoms with Gasteiger partial charge in [-0.3, -0.25) is 9.10 Å². The van der Waals surface area contributed by atoms with E-state index in [1.165, 1.54) is 51.5 Å². The molecule has 1 N–H and O–H groups in total. The van der Waals surface area contributed by atoms with E-state index < -0.39 is 27.7 Å². The van der Waals surface area contributed by atoms with Gasteiger partial charge in [-0.05, 0) is 48.0 Å². The lowest BCUT2D eigenvalue weighted by atomic mass is 10.0. The zero-order valence-corrected chi connectivity index (χ0v) is 27.1. The number of pyridine rings is 1. The number of carbonyl (C=O) groups excluding carboxylic acids is 2. The summed E-state index contributed by atoms with van der Waals surface area (Å²) in [6.45, 7) is 4.16. The van der Waals surface area contributed by atoms with E-state index in [0.717, 1.165) is 16.1 Å². The lowest BCUT2D eigenvalue weighted by molar-refractivity contribution is 0.0588. The number of carbonyl (C=O) groups is 2. The number of rotatable bonds is 9. The first kappa shape index (κ1) is 33.7. The Morgan fingerprint density at radius 2 is 1.67 bits per heavy atom. The molecule has 2 aromatic heterocycles. The Morgan fingerprint density at radius 1 is 1.00 bits per heavy atom. The summed E-state index contributed by atoms with van der Waals surface area (Å²) in [6, 6.07) is 20.9. The van der Waals surface area contributed by atoms with Crippen LogP contribution in [0.15, 0.2) is 83.3 Å². The molecule has 46 heavy (non-hydrogen) atoms. The number of esters is 1. The van der Waals surface area contributed by atoms with E-state index in [1.54, 1.807) is 18.2 Å². The van der Waals surface area contributed by atoms with Gasteiger partial charge in [-0.25, -0.2) is 22.6 Å². The van der Waals surface area contributed by atoms with Gasteiger partial charge in [0.15, 0.2) is 11.4 Å². The first-order chi connectivity index (χ1) is 22.0. The van der Waals surface area contributed by atoms with Gasteiger partial charge in [-0.15, -0.1) is 0 Å². The number of aromatic nitrogens is 1. The smallest absolute Gasteiger partial charge is 0.360 e. The van der Waals surface area contributed by atoms with Crippen LogP contribution in [0, 0.1) is 5.82 Å². The van der Waals surface area contributed by atoms with Crippen molar-refractivity contribution < 1.29 is 36.3 Å². The fraction of sp³-hybridized carbons (Fsp3) is 0.206. The third-order valence-corrected chi connectivity index (χ3v) is 8.15. The summed E-state index contributed by atoms with van der Waals surface area (Å²) >= 11 is 0. The molecule has 240 valence electrons. The van der Waals surface area contributed by atoms with Crippen LogP contribution in [0.4, 0.5) is 10.1 Å². The number of amides is 1. The molecule has 2 heterocycles. The minimum atomic E-state index is -3.79. The number of sulfonamides is 1. The van der Waals surface area contributed by atoms with Crippen molar-refractivity contribution in [2.75, 3.05) is 31.8 Å². The van der Waals surface area contributed by atoms with Crippen LogP contribution in [0.25, 0.3) is 33.6 Å². The Labute approximate surface area is 266 Å². The summed E-state index contributed by atoms with van der Waals surface area (Å²) in [6.07, 6.45) is 1.04. The first-order valence-corrected chi connectivity index (χ1v) is 16.2. The maximum atomic E-state index is 13.7. The van der Waals surface area contributed by atoms with Gasteiger partial charge in [-0.1, -0.05) is 44.2 Å². The number of hydrogen-bond donors (Lipinski definition) is 1. The Kier molecular flexibility index (Phi) is 10.4. The fourth-order valence-electron chi connectivity index (χ4n) is 4.62. The van der Waals surface area contributed by atoms with Gasteiger partial charge in [0, 0.05) is 36.7 Å². The van der Waals surface area contributed by atoms with Crippen molar-refractivity contribution in [2.24, 2.45) is 0 Å². The van der Waals surface area contributed by atoms with E-state index in [-0.39, 0.29) is 51.9 Å². The number of halogens is 1. The van der Waals surface area contributed by atoms with Crippen LogP contribution in [-0.4, -0.2) is 52.7 Å². The van der Waals surface area contributed by atoms with E-state index in [0.29, 0.717) is 10.9 Å². The summed E-state index contributed by atoms with van der Waals surface area (Å²) in [5.74, 6) is -1.38. The Balaban J connectivity index is 0.00000235. The number of nitrogens with zero attached hydrogens (tertiary/aromatic N) is 2. The number of anilines is 1. The molecule has 5 aromatic rings. The molecule has 0 spiro atoms. The number of fused-ring (bicyclic) bond motifs is 1. The highest BCUT2D eigenvalue weighted by Crippen LogP contribution is 2.41. The van der Waals surface area contributed by atoms with Gasteiger partial charge in [-0.2, -0.15) is 0 Å². The van der Waals surface area contributed by atoms with Gasteiger partial charge < -0.3 is 19.2 Å². The minimum Gasteiger partial charge on any atom is -0.486 e. The Bertz CT molecular complexity index is 1980. The van der Waals surface area contributed by atoms with Crippen LogP contribution >= 0.6 is 0 Å². The van der Waals surface area contributed by atoms with Gasteiger partial charge in [0.05, 0.1) is 30.3 Å². The summed E-state index contributed by atoms with van der Waals surface area (Å²) in [5, 5.41) is 2.94. The molecule has 0 aliphatic carbocycles. The Morgan fingerprint density at radius 3 is 2.28 bits per heavy atom. The van der Waals surface area contributed by atoms with Crippen LogP contribution in [0.2, 0.25) is 0 Å². The molecular weight excluding hydrogens is 613 g/mol. The molecule has 5 rings (SSSR count). The minimum absolute atomic E-state index is 0.125. The van der Waals surface area contributed by atoms with Crippen LogP contribution in [0.3, 0.4) is 0 Å². The van der Waals surface area contributed by atoms with E-state index in [9.17, 15) is 22.4 Å². The highest BCUT2D eigenvalue weighted by atomic mass is 32.2. The molecule has 0 atom stereocenters. The van der Waals surface area contributed by atoms with E-state index in [1.807, 2.05) is 44.2 Å². The van der Waals surface area contributed by atoms with Crippen molar-refractivity contribution >= 4 is 38.6 Å². The van der Waals surface area contributed by atoms with Gasteiger partial charge in [0.25, 0.3) is 5.91 Å². The van der Waals surface area contributed by atoms with E-state index >= 15 is 0 Å². The topological polar surface area (TPSA) is 128 Å². The number of benzene rings is 3. The van der Waals surface area contributed by atoms with Crippen molar-refractivity contribution in [3.05, 3.63) is 102 Å². The van der Waals surface area contributed by atoms with Crippen LogP contribution in [0.1, 0.15) is 40.3 Å². The SMILES string of the molecule is CC.CNC(=O)c1c(-c2ccc(F)cc2)oc2cc(N(C)S(C)(=O)=O)c(-c3ccc(OCc4ccccc4)c(C(=O)OC)n3)cc12. The molecule has 0 bridgehead atoms. The molecule has 0 saturated heterocycles. The number of methoxy groups -OCH3 is 1. The second-order valence-electron chi connectivity index (χ2n) is 9.80. The molecule has 0 aliphatic heterocycles. The summed E-state index contributed by atoms with van der Waals surface area (Å²) < 4.78 is 57.1. The number of furan rings is 1. The highest BCUT2D eigenvalue weighted by Gasteiger charge is 2.27. The average Bonchev–Trinajstić information content (AvgIpc) is 3.45. The van der Waals surface area contributed by atoms with Crippen molar-refractivity contribution in [3.8, 4) is 28.3 Å². The molecule has 1 amide bonds. The summed E-state index contributed by atoms with van der Waals surface area (Å²) in [5.41, 5.74) is 2.19. The zero-order valence-electron chi connectivity index (χ0n) is 26.3. The fourth-order valence-corrected chi connectivity index (χ4v) is 5.13. The standard InChI is InChI=1S/C32H28FN3O7S.C2H6/c1-34-31(37)28-23-16-22(24-14-15-26(29(35-24)32(38)41-3)42-18-19-8-6-5-7-9-19)25(36(2)44(4,39)40)17-27(23)43-30(28)20-10-12-21(33)13-11-20;1-2/h5-17H,18H2,1-4H3,(H,34,37);1-2H3. The maximum Gasteiger partial charge on any atom is 0.360 e. The molecule has 12 heteroatoms. The highest BCUT2D eigenvalue weighted by molar-refractivity contribution is 7.92. The van der Waals surface area contributed by atoms with Crippen LogP contribution < -0.4 is 14.4 Å². The number of nitrogens with one attached hydrogen (secondary N) is 1. The monoisotopic (exact) mass is 647 g/mol. The molecular formula is C34H34FN3O7S. The lowest BCUT2D eigenvalue weighted by Gasteiger charge is -2.21.